The fourth-order valence-corrected chi connectivity index (χ4v) is 1.30. The summed E-state index contributed by atoms with van der Waals surface area (Å²) in [6, 6.07) is 1.74. The molecule has 0 aliphatic heterocycles. The molecule has 1 aromatic rings. The quantitative estimate of drug-likeness (QED) is 0.753. The highest BCUT2D eigenvalue weighted by atomic mass is 16.3. The Morgan fingerprint density at radius 3 is 2.93 bits per heavy atom. The van der Waals surface area contributed by atoms with Crippen LogP contribution < -0.4 is 5.32 Å². The van der Waals surface area contributed by atoms with Crippen molar-refractivity contribution in [2.24, 2.45) is 0 Å². The molecule has 5 heteroatoms. The Hall–Kier alpha value is -1.36. The van der Waals surface area contributed by atoms with Crippen LogP contribution in [0.15, 0.2) is 6.07 Å². The topological polar surface area (TPSA) is 67.2 Å². The first-order chi connectivity index (χ1) is 7.04. The number of aliphatic hydroxyl groups is 1. The van der Waals surface area contributed by atoms with Crippen LogP contribution in [0.5, 0.6) is 0 Å². The highest BCUT2D eigenvalue weighted by Gasteiger charge is 2.12. The molecule has 0 radical (unpaired) electrons. The summed E-state index contributed by atoms with van der Waals surface area (Å²) in [5.41, 5.74) is 1.36. The maximum Gasteiger partial charge on any atom is 0.269 e. The van der Waals surface area contributed by atoms with Crippen molar-refractivity contribution in [1.82, 2.24) is 15.1 Å². The van der Waals surface area contributed by atoms with E-state index >= 15 is 0 Å². The van der Waals surface area contributed by atoms with E-state index in [1.807, 2.05) is 13.8 Å². The number of hydrogen-bond donors (Lipinski definition) is 2. The molecule has 2 N–H and O–H groups in total. The number of rotatable bonds is 4. The highest BCUT2D eigenvalue weighted by Crippen LogP contribution is 2.03. The molecule has 15 heavy (non-hydrogen) atoms. The molecular formula is C10H17N3O2. The SMILES string of the molecule is CCn1nc(C)cc1C(=O)NCC(C)O. The first-order valence-electron chi connectivity index (χ1n) is 5.05. The van der Waals surface area contributed by atoms with E-state index in [2.05, 4.69) is 10.4 Å². The minimum Gasteiger partial charge on any atom is -0.392 e. The van der Waals surface area contributed by atoms with Gasteiger partial charge in [0, 0.05) is 13.1 Å². The Kier molecular flexibility index (Phi) is 3.85. The Labute approximate surface area is 89.1 Å². The first-order valence-corrected chi connectivity index (χ1v) is 5.05. The van der Waals surface area contributed by atoms with Crippen molar-refractivity contribution in [3.63, 3.8) is 0 Å². The lowest BCUT2D eigenvalue weighted by Crippen LogP contribution is -2.32. The Balaban J connectivity index is 2.72. The summed E-state index contributed by atoms with van der Waals surface area (Å²) in [6.07, 6.45) is -0.534. The summed E-state index contributed by atoms with van der Waals surface area (Å²) in [5, 5.41) is 15.9. The largest absolute Gasteiger partial charge is 0.392 e. The van der Waals surface area contributed by atoms with Gasteiger partial charge in [0.05, 0.1) is 11.8 Å². The van der Waals surface area contributed by atoms with Crippen molar-refractivity contribution in [2.45, 2.75) is 33.4 Å². The molecular weight excluding hydrogens is 194 g/mol. The highest BCUT2D eigenvalue weighted by molar-refractivity contribution is 5.92. The van der Waals surface area contributed by atoms with Crippen molar-refractivity contribution in [3.05, 3.63) is 17.5 Å². The van der Waals surface area contributed by atoms with Crippen LogP contribution >= 0.6 is 0 Å². The van der Waals surface area contributed by atoms with Crippen LogP contribution in [0.3, 0.4) is 0 Å². The molecule has 0 saturated carbocycles. The fourth-order valence-electron chi connectivity index (χ4n) is 1.30. The van der Waals surface area contributed by atoms with E-state index < -0.39 is 6.10 Å². The third kappa shape index (κ3) is 3.06. The molecule has 5 nitrogen and oxygen atoms in total. The average molecular weight is 211 g/mol. The van der Waals surface area contributed by atoms with Gasteiger partial charge in [-0.1, -0.05) is 0 Å². The molecule has 1 unspecified atom stereocenters. The van der Waals surface area contributed by atoms with Crippen LogP contribution in [-0.4, -0.2) is 33.4 Å². The second-order valence-electron chi connectivity index (χ2n) is 3.55. The van der Waals surface area contributed by atoms with E-state index in [0.29, 0.717) is 12.2 Å². The van der Waals surface area contributed by atoms with Gasteiger partial charge in [0.25, 0.3) is 5.91 Å². The molecule has 1 rings (SSSR count). The van der Waals surface area contributed by atoms with Gasteiger partial charge >= 0.3 is 0 Å². The van der Waals surface area contributed by atoms with Gasteiger partial charge in [0.2, 0.25) is 0 Å². The van der Waals surface area contributed by atoms with E-state index in [1.165, 1.54) is 0 Å². The van der Waals surface area contributed by atoms with Crippen molar-refractivity contribution >= 4 is 5.91 Å². The number of nitrogens with zero attached hydrogens (tertiary/aromatic N) is 2. The van der Waals surface area contributed by atoms with Gasteiger partial charge in [-0.25, -0.2) is 0 Å². The normalized spacial score (nSPS) is 12.5. The minimum atomic E-state index is -0.534. The molecule has 0 bridgehead atoms. The maximum atomic E-state index is 11.7. The standard InChI is InChI=1S/C10H17N3O2/c1-4-13-9(5-7(2)12-13)10(15)11-6-8(3)14/h5,8,14H,4,6H2,1-3H3,(H,11,15). The van der Waals surface area contributed by atoms with E-state index in [-0.39, 0.29) is 12.5 Å². The number of nitrogens with one attached hydrogen (secondary N) is 1. The molecule has 0 fully saturated rings. The molecule has 0 spiro atoms. The number of carbonyl (C=O) groups is 1. The van der Waals surface area contributed by atoms with E-state index in [0.717, 1.165) is 5.69 Å². The van der Waals surface area contributed by atoms with Gasteiger partial charge in [-0.3, -0.25) is 9.48 Å². The molecule has 1 amide bonds. The minimum absolute atomic E-state index is 0.196. The van der Waals surface area contributed by atoms with E-state index in [9.17, 15) is 4.79 Å². The third-order valence-electron chi connectivity index (χ3n) is 1.99. The zero-order valence-electron chi connectivity index (χ0n) is 9.32. The summed E-state index contributed by atoms with van der Waals surface area (Å²) >= 11 is 0. The summed E-state index contributed by atoms with van der Waals surface area (Å²) in [6.45, 7) is 6.32. The van der Waals surface area contributed by atoms with Crippen LogP contribution in [-0.2, 0) is 6.54 Å². The molecule has 0 aliphatic rings. The lowest BCUT2D eigenvalue weighted by Gasteiger charge is -2.07. The van der Waals surface area contributed by atoms with Crippen molar-refractivity contribution in [2.75, 3.05) is 6.54 Å². The van der Waals surface area contributed by atoms with Crippen LogP contribution in [0.25, 0.3) is 0 Å². The first kappa shape index (κ1) is 11.7. The molecule has 0 aromatic carbocycles. The maximum absolute atomic E-state index is 11.7. The molecule has 0 saturated heterocycles. The van der Waals surface area contributed by atoms with Gasteiger partial charge in [-0.15, -0.1) is 0 Å². The van der Waals surface area contributed by atoms with Crippen LogP contribution in [0.2, 0.25) is 0 Å². The Morgan fingerprint density at radius 1 is 1.73 bits per heavy atom. The average Bonchev–Trinajstić information content (AvgIpc) is 2.56. The number of aliphatic hydroxyl groups excluding tert-OH is 1. The van der Waals surface area contributed by atoms with Crippen LogP contribution in [0.4, 0.5) is 0 Å². The lowest BCUT2D eigenvalue weighted by atomic mass is 10.3. The third-order valence-corrected chi connectivity index (χ3v) is 1.99. The number of carbonyl (C=O) groups excluding carboxylic acids is 1. The monoisotopic (exact) mass is 211 g/mol. The number of aryl methyl sites for hydroxylation is 2. The zero-order valence-corrected chi connectivity index (χ0v) is 9.32. The molecule has 1 atom stereocenters. The zero-order chi connectivity index (χ0) is 11.4. The van der Waals surface area contributed by atoms with Gasteiger partial charge in [0.1, 0.15) is 5.69 Å². The van der Waals surface area contributed by atoms with Crippen molar-refractivity contribution < 1.29 is 9.90 Å². The van der Waals surface area contributed by atoms with Crippen molar-refractivity contribution in [3.8, 4) is 0 Å². The van der Waals surface area contributed by atoms with Gasteiger partial charge < -0.3 is 10.4 Å². The Bertz CT molecular complexity index is 344. The lowest BCUT2D eigenvalue weighted by molar-refractivity contribution is 0.0913. The summed E-state index contributed by atoms with van der Waals surface area (Å²) in [5.74, 6) is -0.196. The molecule has 84 valence electrons. The predicted molar refractivity (Wildman–Crippen MR) is 56.7 cm³/mol. The van der Waals surface area contributed by atoms with Crippen LogP contribution in [0, 0.1) is 6.92 Å². The summed E-state index contributed by atoms with van der Waals surface area (Å²) in [7, 11) is 0. The smallest absolute Gasteiger partial charge is 0.269 e. The molecule has 1 aromatic heterocycles. The second kappa shape index (κ2) is 4.93. The number of amides is 1. The number of hydrogen-bond acceptors (Lipinski definition) is 3. The predicted octanol–water partition coefficient (Wildman–Crippen LogP) is 0.322. The summed E-state index contributed by atoms with van der Waals surface area (Å²) in [4.78, 5) is 11.7. The Morgan fingerprint density at radius 2 is 2.40 bits per heavy atom. The van der Waals surface area contributed by atoms with Gasteiger partial charge in [-0.05, 0) is 26.8 Å². The fraction of sp³-hybridized carbons (Fsp3) is 0.600. The molecule has 0 aliphatic carbocycles. The second-order valence-corrected chi connectivity index (χ2v) is 3.55. The number of aromatic nitrogens is 2. The van der Waals surface area contributed by atoms with Gasteiger partial charge in [-0.2, -0.15) is 5.10 Å². The van der Waals surface area contributed by atoms with Gasteiger partial charge in [0.15, 0.2) is 0 Å². The van der Waals surface area contributed by atoms with Crippen LogP contribution in [0.1, 0.15) is 30.0 Å². The van der Waals surface area contributed by atoms with E-state index in [4.69, 9.17) is 5.11 Å². The molecule has 1 heterocycles. The van der Waals surface area contributed by atoms with E-state index in [1.54, 1.807) is 17.7 Å². The van der Waals surface area contributed by atoms with Crippen molar-refractivity contribution in [1.29, 1.82) is 0 Å². The summed E-state index contributed by atoms with van der Waals surface area (Å²) < 4.78 is 1.65.